The molecule has 8 heteroatoms. The molecule has 0 aromatic heterocycles. The average Bonchev–Trinajstić information content (AvgIpc) is 3.38. The molecule has 0 spiro atoms. The highest BCUT2D eigenvalue weighted by Crippen LogP contribution is 2.76. The second-order valence-corrected chi connectivity index (χ2v) is 25.5. The van der Waals surface area contributed by atoms with E-state index in [2.05, 4.69) is 54.5 Å². The molecular weight excluding hydrogens is 909 g/mol. The number of hydrogen-bond acceptors (Lipinski definition) is 8. The lowest BCUT2D eigenvalue weighted by Gasteiger charge is -2.71. The van der Waals surface area contributed by atoms with Crippen molar-refractivity contribution in [1.29, 1.82) is 0 Å². The van der Waals surface area contributed by atoms with Crippen molar-refractivity contribution >= 4 is 5.97 Å². The number of allylic oxidation sites excluding steroid dienone is 2. The predicted molar refractivity (Wildman–Crippen MR) is 286 cm³/mol. The zero-order valence-corrected chi connectivity index (χ0v) is 44.8. The standard InChI is InChI=1S/C65H84O8/c1-60(2)34-36-65(59(68)72-42-47-26-18-11-19-27-47)37-35-63(6)48(50(65)38-60)28-29-53-62(5)32-30-49(61(3,4)52(62)31-33-64(53,63)7)54(66)58-57(71-41-46-24-16-10-17-25-46)55(67)56(70-40-45-22-14-9-15-23-45)51(73-58)43-69-39-44-20-12-8-13-21-44/h8-28,49-58,66-67H,29-43H2,1-7H3/t49-,50?,51?,52?,53?,54?,55?,56+,57?,58-,62-,63+,64+,65-/m0/s1. The van der Waals surface area contributed by atoms with E-state index in [1.54, 1.807) is 0 Å². The number of carbonyl (C=O) groups is 1. The number of esters is 1. The summed E-state index contributed by atoms with van der Waals surface area (Å²) in [6.45, 7) is 18.8. The summed E-state index contributed by atoms with van der Waals surface area (Å²) < 4.78 is 33.2. The minimum atomic E-state index is -1.10. The number of rotatable bonds is 15. The van der Waals surface area contributed by atoms with Crippen LogP contribution in [0.3, 0.4) is 0 Å². The lowest BCUT2D eigenvalue weighted by Crippen LogP contribution is -2.67. The van der Waals surface area contributed by atoms with Gasteiger partial charge in [-0.15, -0.1) is 0 Å². The van der Waals surface area contributed by atoms with E-state index in [1.165, 1.54) is 5.57 Å². The zero-order chi connectivity index (χ0) is 51.2. The van der Waals surface area contributed by atoms with Gasteiger partial charge in [0, 0.05) is 0 Å². The zero-order valence-electron chi connectivity index (χ0n) is 44.8. The molecule has 1 saturated heterocycles. The van der Waals surface area contributed by atoms with Gasteiger partial charge in [-0.25, -0.2) is 0 Å². The second-order valence-electron chi connectivity index (χ2n) is 25.5. The number of carbonyl (C=O) groups excluding carboxylic acids is 1. The third-order valence-corrected chi connectivity index (χ3v) is 20.8. The van der Waals surface area contributed by atoms with Crippen LogP contribution in [0, 0.1) is 56.2 Å². The first-order chi connectivity index (χ1) is 35.0. The normalized spacial score (nSPS) is 36.8. The average molecular weight is 993 g/mol. The van der Waals surface area contributed by atoms with E-state index in [4.69, 9.17) is 23.7 Å². The van der Waals surface area contributed by atoms with Crippen molar-refractivity contribution < 1.29 is 38.7 Å². The van der Waals surface area contributed by atoms with Gasteiger partial charge in [0.05, 0.1) is 37.9 Å². The van der Waals surface area contributed by atoms with E-state index in [9.17, 15) is 15.0 Å². The van der Waals surface area contributed by atoms with Crippen LogP contribution in [-0.2, 0) is 54.9 Å². The monoisotopic (exact) mass is 993 g/mol. The van der Waals surface area contributed by atoms with E-state index in [0.717, 1.165) is 86.5 Å². The Labute approximate surface area is 436 Å². The molecule has 4 aromatic carbocycles. The van der Waals surface area contributed by atoms with Crippen LogP contribution in [-0.4, -0.2) is 59.4 Å². The second kappa shape index (κ2) is 20.8. The Balaban J connectivity index is 0.919. The molecule has 73 heavy (non-hydrogen) atoms. The van der Waals surface area contributed by atoms with Crippen LogP contribution in [0.15, 0.2) is 133 Å². The van der Waals surface area contributed by atoms with Gasteiger partial charge in [-0.1, -0.05) is 181 Å². The van der Waals surface area contributed by atoms with Gasteiger partial charge in [-0.05, 0) is 137 Å². The number of aliphatic hydroxyl groups is 2. The van der Waals surface area contributed by atoms with Crippen LogP contribution in [0.5, 0.6) is 0 Å². The Bertz CT molecular complexity index is 2510. The number of hydrogen-bond donors (Lipinski definition) is 2. The fraction of sp³-hybridized carbons (Fsp3) is 0.585. The molecule has 2 N–H and O–H groups in total. The van der Waals surface area contributed by atoms with E-state index < -0.39 is 42.0 Å². The molecule has 6 aliphatic rings. The largest absolute Gasteiger partial charge is 0.460 e. The van der Waals surface area contributed by atoms with Crippen molar-refractivity contribution in [3.8, 4) is 0 Å². The molecule has 10 rings (SSSR count). The van der Waals surface area contributed by atoms with Crippen LogP contribution >= 0.6 is 0 Å². The minimum absolute atomic E-state index is 0.00445. The van der Waals surface area contributed by atoms with Crippen molar-refractivity contribution in [1.82, 2.24) is 0 Å². The van der Waals surface area contributed by atoms with Crippen molar-refractivity contribution in [3.05, 3.63) is 155 Å². The molecule has 4 aromatic rings. The van der Waals surface area contributed by atoms with Crippen LogP contribution < -0.4 is 0 Å². The Morgan fingerprint density at radius 2 is 1.19 bits per heavy atom. The molecule has 392 valence electrons. The highest BCUT2D eigenvalue weighted by Gasteiger charge is 2.70. The van der Waals surface area contributed by atoms with E-state index >= 15 is 0 Å². The fourth-order valence-electron chi connectivity index (χ4n) is 16.5. The smallest absolute Gasteiger partial charge is 0.313 e. The van der Waals surface area contributed by atoms with Crippen LogP contribution in [0.2, 0.25) is 0 Å². The summed E-state index contributed by atoms with van der Waals surface area (Å²) in [6, 6.07) is 40.2. The van der Waals surface area contributed by atoms with Gasteiger partial charge < -0.3 is 33.9 Å². The molecule has 0 bridgehead atoms. The van der Waals surface area contributed by atoms with Gasteiger partial charge in [0.25, 0.3) is 0 Å². The molecule has 1 aliphatic heterocycles. The molecule has 0 amide bonds. The maximum atomic E-state index is 14.6. The van der Waals surface area contributed by atoms with Crippen molar-refractivity contribution in [2.45, 2.75) is 176 Å². The first-order valence-electron chi connectivity index (χ1n) is 27.9. The minimum Gasteiger partial charge on any atom is -0.460 e. The van der Waals surface area contributed by atoms with E-state index in [0.29, 0.717) is 25.0 Å². The fourth-order valence-corrected chi connectivity index (χ4v) is 16.5. The van der Waals surface area contributed by atoms with Crippen molar-refractivity contribution in [3.63, 3.8) is 0 Å². The van der Waals surface area contributed by atoms with Crippen molar-refractivity contribution in [2.24, 2.45) is 56.2 Å². The van der Waals surface area contributed by atoms with E-state index in [1.807, 2.05) is 121 Å². The van der Waals surface area contributed by atoms with Gasteiger partial charge in [-0.3, -0.25) is 4.79 Å². The van der Waals surface area contributed by atoms with Crippen LogP contribution in [0.1, 0.15) is 135 Å². The molecule has 5 fully saturated rings. The van der Waals surface area contributed by atoms with Gasteiger partial charge in [-0.2, -0.15) is 0 Å². The molecule has 7 unspecified atom stereocenters. The molecular formula is C65H84O8. The van der Waals surface area contributed by atoms with Crippen molar-refractivity contribution in [2.75, 3.05) is 6.61 Å². The lowest BCUT2D eigenvalue weighted by molar-refractivity contribution is -0.288. The highest BCUT2D eigenvalue weighted by atomic mass is 16.6. The number of aliphatic hydroxyl groups excluding tert-OH is 2. The van der Waals surface area contributed by atoms with Gasteiger partial charge in [0.1, 0.15) is 37.1 Å². The summed E-state index contributed by atoms with van der Waals surface area (Å²) in [5.41, 5.74) is 4.99. The summed E-state index contributed by atoms with van der Waals surface area (Å²) in [5.74, 6) is 0.850. The third-order valence-electron chi connectivity index (χ3n) is 20.8. The summed E-state index contributed by atoms with van der Waals surface area (Å²) in [5, 5.41) is 25.8. The maximum absolute atomic E-state index is 14.6. The lowest BCUT2D eigenvalue weighted by atomic mass is 9.33. The molecule has 8 nitrogen and oxygen atoms in total. The van der Waals surface area contributed by atoms with E-state index in [-0.39, 0.29) is 64.7 Å². The topological polar surface area (TPSA) is 104 Å². The summed E-state index contributed by atoms with van der Waals surface area (Å²) >= 11 is 0. The Morgan fingerprint density at radius 3 is 1.79 bits per heavy atom. The SMILES string of the molecule is CC1(C)CC[C@]2(C(=O)OCc3ccccc3)CC[C@]3(C)C(=CCC4[C@@]5(C)CC[C@@H](C(O)[C@@H]6OC(COCc7ccccc7)[C@@H](OCc7ccccc7)C(O)C6OCc6ccccc6)C(C)(C)C5CC[C@]43C)C2C1. The first-order valence-corrected chi connectivity index (χ1v) is 27.9. The van der Waals surface area contributed by atoms with Gasteiger partial charge in [0.2, 0.25) is 0 Å². The molecule has 1 heterocycles. The maximum Gasteiger partial charge on any atom is 0.313 e. The van der Waals surface area contributed by atoms with Gasteiger partial charge in [0.15, 0.2) is 0 Å². The molecule has 14 atom stereocenters. The first kappa shape index (κ1) is 52.3. The predicted octanol–water partition coefficient (Wildman–Crippen LogP) is 13.0. The summed E-state index contributed by atoms with van der Waals surface area (Å²) in [6.07, 6.45) is 7.28. The quantitative estimate of drug-likeness (QED) is 0.0897. The van der Waals surface area contributed by atoms with Crippen LogP contribution in [0.25, 0.3) is 0 Å². The molecule has 5 aliphatic carbocycles. The Morgan fingerprint density at radius 1 is 0.644 bits per heavy atom. The molecule has 4 saturated carbocycles. The van der Waals surface area contributed by atoms with Gasteiger partial charge >= 0.3 is 5.97 Å². The summed E-state index contributed by atoms with van der Waals surface area (Å²) in [7, 11) is 0. The number of benzene rings is 4. The number of fused-ring (bicyclic) bond motifs is 7. The third kappa shape index (κ3) is 9.73. The Kier molecular flexibility index (Phi) is 14.9. The Hall–Kier alpha value is -4.15. The van der Waals surface area contributed by atoms with Crippen LogP contribution in [0.4, 0.5) is 0 Å². The summed E-state index contributed by atoms with van der Waals surface area (Å²) in [4.78, 5) is 14.6. The molecule has 0 radical (unpaired) electrons. The number of ether oxygens (including phenoxy) is 5. The highest BCUT2D eigenvalue weighted by molar-refractivity contribution is 5.79.